The summed E-state index contributed by atoms with van der Waals surface area (Å²) in [7, 11) is 4.88. The van der Waals surface area contributed by atoms with Crippen LogP contribution in [-0.4, -0.2) is 57.1 Å². The Hall–Kier alpha value is -1.99. The van der Waals surface area contributed by atoms with Crippen molar-refractivity contribution in [3.8, 4) is 11.5 Å². The van der Waals surface area contributed by atoms with Gasteiger partial charge in [-0.3, -0.25) is 9.59 Å². The van der Waals surface area contributed by atoms with Gasteiger partial charge in [-0.25, -0.2) is 0 Å². The van der Waals surface area contributed by atoms with E-state index in [0.717, 1.165) is 25.9 Å². The fourth-order valence-electron chi connectivity index (χ4n) is 3.09. The molecule has 2 amide bonds. The van der Waals surface area contributed by atoms with Gasteiger partial charge in [0.05, 0.1) is 19.9 Å². The minimum atomic E-state index is -0.241. The molecule has 1 saturated heterocycles. The smallest absolute Gasteiger partial charge is 0.254 e. The van der Waals surface area contributed by atoms with Crippen LogP contribution in [-0.2, 0) is 4.79 Å². The molecule has 0 bridgehead atoms. The molecular formula is C17H26ClN3O4. The molecule has 1 atom stereocenters. The molecule has 0 saturated carbocycles. The van der Waals surface area contributed by atoms with Crippen LogP contribution in [0.25, 0.3) is 0 Å². The van der Waals surface area contributed by atoms with E-state index >= 15 is 0 Å². The summed E-state index contributed by atoms with van der Waals surface area (Å²) in [6.07, 6.45) is 1.97. The van der Waals surface area contributed by atoms with Crippen molar-refractivity contribution < 1.29 is 19.1 Å². The third-order valence-electron chi connectivity index (χ3n) is 4.11. The third-order valence-corrected chi connectivity index (χ3v) is 4.11. The lowest BCUT2D eigenvalue weighted by atomic mass is 10.1. The number of hydrogen-bond acceptors (Lipinski definition) is 5. The number of hydrogen-bond donors (Lipinski definition) is 2. The van der Waals surface area contributed by atoms with Crippen molar-refractivity contribution in [2.75, 3.05) is 39.7 Å². The molecule has 0 aromatic heterocycles. The number of halogens is 1. The molecule has 0 spiro atoms. The first-order valence-corrected chi connectivity index (χ1v) is 8.01. The summed E-state index contributed by atoms with van der Waals surface area (Å²) >= 11 is 0. The van der Waals surface area contributed by atoms with E-state index in [-0.39, 0.29) is 30.3 Å². The van der Waals surface area contributed by atoms with Crippen molar-refractivity contribution in [1.82, 2.24) is 10.2 Å². The molecule has 1 unspecified atom stereocenters. The van der Waals surface area contributed by atoms with Crippen molar-refractivity contribution >= 4 is 29.9 Å². The van der Waals surface area contributed by atoms with Crippen molar-refractivity contribution in [3.63, 3.8) is 0 Å². The summed E-state index contributed by atoms with van der Waals surface area (Å²) in [4.78, 5) is 26.2. The molecule has 0 aliphatic carbocycles. The van der Waals surface area contributed by atoms with Crippen molar-refractivity contribution in [1.29, 1.82) is 0 Å². The molecule has 1 aliphatic rings. The summed E-state index contributed by atoms with van der Waals surface area (Å²) in [5.74, 6) is 0.503. The lowest BCUT2D eigenvalue weighted by Crippen LogP contribution is -2.40. The minimum absolute atomic E-state index is 0. The Bertz CT molecular complexity index is 624. The van der Waals surface area contributed by atoms with Gasteiger partial charge >= 0.3 is 0 Å². The van der Waals surface area contributed by atoms with Crippen LogP contribution in [0.4, 0.5) is 5.69 Å². The Kier molecular flexibility index (Phi) is 7.99. The van der Waals surface area contributed by atoms with E-state index in [1.165, 1.54) is 21.1 Å². The number of likely N-dealkylation sites (N-methyl/N-ethyl adjacent to an activating group) is 1. The van der Waals surface area contributed by atoms with Gasteiger partial charge in [0, 0.05) is 31.6 Å². The number of nitrogens with zero attached hydrogens (tertiary/aromatic N) is 1. The van der Waals surface area contributed by atoms with Gasteiger partial charge in [0.1, 0.15) is 0 Å². The highest BCUT2D eigenvalue weighted by Crippen LogP contribution is 2.37. The molecule has 25 heavy (non-hydrogen) atoms. The number of carbonyl (C=O) groups is 2. The van der Waals surface area contributed by atoms with Gasteiger partial charge in [-0.1, -0.05) is 0 Å². The second-order valence-corrected chi connectivity index (χ2v) is 5.79. The van der Waals surface area contributed by atoms with Gasteiger partial charge in [-0.05, 0) is 32.0 Å². The Labute approximate surface area is 154 Å². The van der Waals surface area contributed by atoms with Crippen LogP contribution < -0.4 is 20.1 Å². The maximum atomic E-state index is 12.9. The Morgan fingerprint density at radius 2 is 2.00 bits per heavy atom. The van der Waals surface area contributed by atoms with Crippen molar-refractivity contribution in [3.05, 3.63) is 17.7 Å². The highest BCUT2D eigenvalue weighted by atomic mass is 35.5. The SMILES string of the molecule is CNCC1CCCN1C(=O)c1cc(NC(C)=O)c(OC)c(OC)c1.Cl. The number of nitrogens with one attached hydrogen (secondary N) is 2. The minimum Gasteiger partial charge on any atom is -0.493 e. The maximum absolute atomic E-state index is 12.9. The third kappa shape index (κ3) is 4.76. The molecule has 2 rings (SSSR count). The van der Waals surface area contributed by atoms with E-state index in [9.17, 15) is 9.59 Å². The van der Waals surface area contributed by atoms with Crippen LogP contribution >= 0.6 is 12.4 Å². The molecule has 1 aliphatic heterocycles. The number of likely N-dealkylation sites (tertiary alicyclic amines) is 1. The second kappa shape index (κ2) is 9.48. The van der Waals surface area contributed by atoms with E-state index in [1.807, 2.05) is 11.9 Å². The van der Waals surface area contributed by atoms with Gasteiger partial charge in [-0.15, -0.1) is 12.4 Å². The topological polar surface area (TPSA) is 79.9 Å². The summed E-state index contributed by atoms with van der Waals surface area (Å²) in [5, 5.41) is 5.82. The average Bonchev–Trinajstić information content (AvgIpc) is 3.01. The van der Waals surface area contributed by atoms with Crippen molar-refractivity contribution in [2.24, 2.45) is 0 Å². The number of amides is 2. The van der Waals surface area contributed by atoms with Crippen LogP contribution in [0.1, 0.15) is 30.1 Å². The zero-order valence-corrected chi connectivity index (χ0v) is 15.9. The molecule has 7 nitrogen and oxygen atoms in total. The fourth-order valence-corrected chi connectivity index (χ4v) is 3.09. The van der Waals surface area contributed by atoms with Crippen LogP contribution in [0.5, 0.6) is 11.5 Å². The van der Waals surface area contributed by atoms with Gasteiger partial charge in [0.15, 0.2) is 11.5 Å². The quantitative estimate of drug-likeness (QED) is 0.798. The maximum Gasteiger partial charge on any atom is 0.254 e. The molecule has 1 heterocycles. The first kappa shape index (κ1) is 21.1. The summed E-state index contributed by atoms with van der Waals surface area (Å²) < 4.78 is 10.6. The van der Waals surface area contributed by atoms with E-state index in [1.54, 1.807) is 12.1 Å². The predicted molar refractivity (Wildman–Crippen MR) is 99.1 cm³/mol. The molecule has 8 heteroatoms. The van der Waals surface area contributed by atoms with Gasteiger partial charge in [-0.2, -0.15) is 0 Å². The molecule has 2 N–H and O–H groups in total. The van der Waals surface area contributed by atoms with E-state index < -0.39 is 0 Å². The van der Waals surface area contributed by atoms with Gasteiger partial charge in [0.2, 0.25) is 5.91 Å². The lowest BCUT2D eigenvalue weighted by Gasteiger charge is -2.25. The highest BCUT2D eigenvalue weighted by Gasteiger charge is 2.30. The predicted octanol–water partition coefficient (Wildman–Crippen LogP) is 1.91. The Morgan fingerprint density at radius 3 is 2.56 bits per heavy atom. The van der Waals surface area contributed by atoms with Crippen molar-refractivity contribution in [2.45, 2.75) is 25.8 Å². The number of carbonyl (C=O) groups excluding carboxylic acids is 2. The molecular weight excluding hydrogens is 346 g/mol. The summed E-state index contributed by atoms with van der Waals surface area (Å²) in [6.45, 7) is 2.90. The van der Waals surface area contributed by atoms with Crippen LogP contribution in [0.3, 0.4) is 0 Å². The van der Waals surface area contributed by atoms with Crippen LogP contribution in [0.15, 0.2) is 12.1 Å². The largest absolute Gasteiger partial charge is 0.493 e. The molecule has 1 fully saturated rings. The molecule has 0 radical (unpaired) electrons. The van der Waals surface area contributed by atoms with Crippen LogP contribution in [0.2, 0.25) is 0 Å². The van der Waals surface area contributed by atoms with Crippen LogP contribution in [0, 0.1) is 0 Å². The highest BCUT2D eigenvalue weighted by molar-refractivity contribution is 5.99. The molecule has 1 aromatic carbocycles. The fraction of sp³-hybridized carbons (Fsp3) is 0.529. The normalized spacial score (nSPS) is 16.2. The van der Waals surface area contributed by atoms with Gasteiger partial charge < -0.3 is 25.0 Å². The van der Waals surface area contributed by atoms with E-state index in [4.69, 9.17) is 9.47 Å². The average molecular weight is 372 g/mol. The first-order valence-electron chi connectivity index (χ1n) is 8.01. The second-order valence-electron chi connectivity index (χ2n) is 5.79. The molecule has 140 valence electrons. The van der Waals surface area contributed by atoms with E-state index in [0.29, 0.717) is 22.7 Å². The van der Waals surface area contributed by atoms with E-state index in [2.05, 4.69) is 10.6 Å². The monoisotopic (exact) mass is 371 g/mol. The number of rotatable bonds is 6. The standard InChI is InChI=1S/C17H25N3O4.ClH/c1-11(21)19-14-8-12(9-15(23-3)16(14)24-4)17(22)20-7-5-6-13(20)10-18-2;/h8-9,13,18H,5-7,10H2,1-4H3,(H,19,21);1H. The Morgan fingerprint density at radius 1 is 1.28 bits per heavy atom. The summed E-state index contributed by atoms with van der Waals surface area (Å²) in [5.41, 5.74) is 0.900. The first-order chi connectivity index (χ1) is 11.5. The zero-order valence-electron chi connectivity index (χ0n) is 15.0. The number of anilines is 1. The number of benzene rings is 1. The number of ether oxygens (including phenoxy) is 2. The number of methoxy groups -OCH3 is 2. The lowest BCUT2D eigenvalue weighted by molar-refractivity contribution is -0.114. The van der Waals surface area contributed by atoms with Gasteiger partial charge in [0.25, 0.3) is 5.91 Å². The summed E-state index contributed by atoms with van der Waals surface area (Å²) in [6, 6.07) is 3.47. The zero-order chi connectivity index (χ0) is 17.7. The molecule has 1 aromatic rings. The Balaban J connectivity index is 0.00000312.